The summed E-state index contributed by atoms with van der Waals surface area (Å²) < 4.78 is 25.9. The minimum atomic E-state index is -1.28. The number of methoxy groups -OCH3 is 1. The third-order valence-corrected chi connectivity index (χ3v) is 9.99. The molecule has 296 valence electrons. The lowest BCUT2D eigenvalue weighted by Crippen LogP contribution is -2.30. The minimum Gasteiger partial charge on any atom is -0.508 e. The Morgan fingerprint density at radius 3 is 2.59 bits per heavy atom. The molecular weight excluding hydrogens is 760 g/mol. The van der Waals surface area contributed by atoms with E-state index < -0.39 is 17.7 Å². The molecule has 2 aromatic heterocycles. The topological polar surface area (TPSA) is 212 Å². The molecule has 14 nitrogen and oxygen atoms in total. The molecule has 1 amide bonds. The minimum absolute atomic E-state index is 0.00258. The summed E-state index contributed by atoms with van der Waals surface area (Å²) in [5.41, 5.74) is 14.5. The number of phenolic OH excluding ortho intramolecular Hbond substituents is 1. The molecule has 1 aliphatic heterocycles. The number of amides is 1. The number of aromatic hydroxyl groups is 1. The van der Waals surface area contributed by atoms with E-state index in [4.69, 9.17) is 19.7 Å². The molecule has 0 bridgehead atoms. The fourth-order valence-electron chi connectivity index (χ4n) is 7.42. The standard InChI is InChI=1S/C44H35FN6O8/c1-22-40-35(50-44(46)48-22)17-24(28-11-7-25(45)19-32(28)34-4-3-5-39(49-34)57-2)18-36(40)51-58-15-14-47-42(54)23-6-10-29(33(16-23)43(55)56)41-30-12-8-26(52)20-37(30)59-38-21-27(53)9-13-31(38)41/h3-13,16,18-21,24,51-52H,14-15,17H2,1-2H3,(H,47,54)(H,55,56)(H2,46,48,50)/t24-/m0/s1. The maximum Gasteiger partial charge on any atom is 0.336 e. The van der Waals surface area contributed by atoms with E-state index in [0.717, 1.165) is 5.56 Å². The molecule has 0 fully saturated rings. The molecule has 0 spiro atoms. The first-order valence-electron chi connectivity index (χ1n) is 18.4. The highest BCUT2D eigenvalue weighted by Crippen LogP contribution is 2.42. The van der Waals surface area contributed by atoms with Crippen LogP contribution in [0.1, 0.15) is 49.1 Å². The fraction of sp³-hybridized carbons (Fsp3) is 0.136. The van der Waals surface area contributed by atoms with Gasteiger partial charge in [-0.1, -0.05) is 24.3 Å². The number of aryl methyl sites for hydroxylation is 1. The van der Waals surface area contributed by atoms with Crippen molar-refractivity contribution in [3.05, 3.63) is 147 Å². The average Bonchev–Trinajstić information content (AvgIpc) is 3.21. The van der Waals surface area contributed by atoms with Gasteiger partial charge in [0.25, 0.3) is 5.91 Å². The van der Waals surface area contributed by atoms with Crippen molar-refractivity contribution in [3.8, 4) is 45.3 Å². The Labute approximate surface area is 335 Å². The number of carboxylic acids is 1. The number of hydroxylamine groups is 1. The number of fused-ring (bicyclic) bond motifs is 3. The van der Waals surface area contributed by atoms with E-state index >= 15 is 0 Å². The zero-order valence-corrected chi connectivity index (χ0v) is 31.6. The van der Waals surface area contributed by atoms with Crippen molar-refractivity contribution < 1.29 is 38.2 Å². The highest BCUT2D eigenvalue weighted by atomic mass is 19.1. The van der Waals surface area contributed by atoms with Crippen molar-refractivity contribution in [2.45, 2.75) is 19.3 Å². The average molecular weight is 795 g/mol. The van der Waals surface area contributed by atoms with Gasteiger partial charge in [-0.05, 0) is 72.6 Å². The number of hydrogen-bond donors (Lipinski definition) is 5. The molecule has 8 rings (SSSR count). The maximum atomic E-state index is 14.7. The lowest BCUT2D eigenvalue weighted by molar-refractivity contribution is 0.0697. The van der Waals surface area contributed by atoms with Crippen molar-refractivity contribution >= 4 is 34.5 Å². The summed E-state index contributed by atoms with van der Waals surface area (Å²) in [4.78, 5) is 57.4. The van der Waals surface area contributed by atoms with Gasteiger partial charge in [0.05, 0.1) is 42.1 Å². The Morgan fingerprint density at radius 1 is 0.949 bits per heavy atom. The Balaban J connectivity index is 1.01. The lowest BCUT2D eigenvalue weighted by Gasteiger charge is -2.27. The number of halogens is 1. The van der Waals surface area contributed by atoms with Crippen LogP contribution in [0.4, 0.5) is 10.3 Å². The molecule has 2 aliphatic carbocycles. The lowest BCUT2D eigenvalue weighted by atomic mass is 9.83. The molecule has 0 radical (unpaired) electrons. The first-order chi connectivity index (χ1) is 28.5. The van der Waals surface area contributed by atoms with Crippen molar-refractivity contribution in [2.24, 2.45) is 0 Å². The number of ether oxygens (including phenoxy) is 1. The number of aromatic carboxylic acids is 1. The van der Waals surface area contributed by atoms with Crippen molar-refractivity contribution in [1.82, 2.24) is 25.7 Å². The van der Waals surface area contributed by atoms with E-state index in [0.29, 0.717) is 62.7 Å². The molecular formula is C44H35FN6O8. The van der Waals surface area contributed by atoms with Gasteiger partial charge in [-0.2, -0.15) is 0 Å². The monoisotopic (exact) mass is 794 g/mol. The molecule has 1 atom stereocenters. The van der Waals surface area contributed by atoms with Crippen LogP contribution in [0.5, 0.6) is 11.6 Å². The molecule has 0 saturated carbocycles. The van der Waals surface area contributed by atoms with Crippen LogP contribution < -0.4 is 26.7 Å². The predicted octanol–water partition coefficient (Wildman–Crippen LogP) is 6.49. The number of carbonyl (C=O) groups is 2. The van der Waals surface area contributed by atoms with Crippen LogP contribution in [0.2, 0.25) is 0 Å². The van der Waals surface area contributed by atoms with E-state index in [1.54, 1.807) is 43.3 Å². The van der Waals surface area contributed by atoms with Crippen LogP contribution in [-0.4, -0.2) is 57.3 Å². The number of carbonyl (C=O) groups excluding carboxylic acids is 1. The first-order valence-corrected chi connectivity index (χ1v) is 18.4. The van der Waals surface area contributed by atoms with E-state index in [2.05, 4.69) is 25.7 Å². The zero-order chi connectivity index (χ0) is 41.4. The molecule has 6 N–H and O–H groups in total. The fourth-order valence-corrected chi connectivity index (χ4v) is 7.42. The molecule has 0 unspecified atom stereocenters. The highest BCUT2D eigenvalue weighted by Gasteiger charge is 2.28. The molecule has 3 aromatic carbocycles. The quantitative estimate of drug-likeness (QED) is 0.0539. The van der Waals surface area contributed by atoms with Crippen molar-refractivity contribution in [2.75, 3.05) is 26.0 Å². The summed E-state index contributed by atoms with van der Waals surface area (Å²) >= 11 is 0. The second-order valence-corrected chi connectivity index (χ2v) is 13.8. The zero-order valence-electron chi connectivity index (χ0n) is 31.6. The Hall–Kier alpha value is -7.65. The highest BCUT2D eigenvalue weighted by molar-refractivity contribution is 6.09. The number of rotatable bonds is 11. The van der Waals surface area contributed by atoms with Crippen LogP contribution in [-0.2, 0) is 11.3 Å². The van der Waals surface area contributed by atoms with Crippen LogP contribution in [0.25, 0.3) is 50.4 Å². The number of nitrogens with one attached hydrogen (secondary N) is 2. The SMILES string of the molecule is COc1cccc(-c2cc(F)ccc2[C@@H]2C=C(NOCCNC(=O)c3ccc(-c4c5ccc(=O)cc-5oc5cc(O)ccc45)c(C(=O)O)c3)c3c(C)nc(N)nc3C2)n1. The second kappa shape index (κ2) is 15.7. The predicted molar refractivity (Wildman–Crippen MR) is 216 cm³/mol. The van der Waals surface area contributed by atoms with Crippen LogP contribution in [0.3, 0.4) is 0 Å². The first kappa shape index (κ1) is 38.2. The van der Waals surface area contributed by atoms with E-state index in [9.17, 15) is 29.0 Å². The van der Waals surface area contributed by atoms with Crippen LogP contribution >= 0.6 is 0 Å². The van der Waals surface area contributed by atoms with Gasteiger partial charge in [0, 0.05) is 70.3 Å². The van der Waals surface area contributed by atoms with E-state index in [1.807, 2.05) is 6.08 Å². The molecule has 0 saturated heterocycles. The Kier molecular flexibility index (Phi) is 10.2. The molecule has 3 heterocycles. The molecule has 3 aliphatic rings. The van der Waals surface area contributed by atoms with Gasteiger partial charge in [-0.3, -0.25) is 19.9 Å². The van der Waals surface area contributed by atoms with Gasteiger partial charge in [0.15, 0.2) is 5.43 Å². The summed E-state index contributed by atoms with van der Waals surface area (Å²) in [5, 5.41) is 23.7. The summed E-state index contributed by atoms with van der Waals surface area (Å²) in [7, 11) is 1.51. The normalized spacial score (nSPS) is 13.5. The summed E-state index contributed by atoms with van der Waals surface area (Å²) in [6, 6.07) is 22.7. The third-order valence-electron chi connectivity index (χ3n) is 9.99. The maximum absolute atomic E-state index is 14.7. The number of phenols is 1. The smallest absolute Gasteiger partial charge is 0.336 e. The van der Waals surface area contributed by atoms with Crippen molar-refractivity contribution in [1.29, 1.82) is 0 Å². The van der Waals surface area contributed by atoms with Gasteiger partial charge >= 0.3 is 5.97 Å². The third kappa shape index (κ3) is 7.61. The number of nitrogens with two attached hydrogens (primary N) is 1. The number of nitrogens with zero attached hydrogens (tertiary/aromatic N) is 3. The number of benzene rings is 4. The van der Waals surface area contributed by atoms with Gasteiger partial charge < -0.3 is 30.4 Å². The molecule has 5 aromatic rings. The van der Waals surface area contributed by atoms with Gasteiger partial charge in [-0.25, -0.2) is 24.1 Å². The number of nitrogen functional groups attached to an aromatic ring is 1. The number of anilines is 1. The number of hydrogen-bond acceptors (Lipinski definition) is 12. The van der Waals surface area contributed by atoms with Crippen LogP contribution in [0.15, 0.2) is 106 Å². The summed E-state index contributed by atoms with van der Waals surface area (Å²) in [6.45, 7) is 1.84. The Morgan fingerprint density at radius 2 is 1.78 bits per heavy atom. The van der Waals surface area contributed by atoms with Gasteiger partial charge in [0.1, 0.15) is 22.9 Å². The van der Waals surface area contributed by atoms with E-state index in [-0.39, 0.29) is 64.2 Å². The van der Waals surface area contributed by atoms with E-state index in [1.165, 1.54) is 61.7 Å². The van der Waals surface area contributed by atoms with Gasteiger partial charge in [0.2, 0.25) is 11.8 Å². The number of pyridine rings is 1. The molecule has 15 heteroatoms. The second-order valence-electron chi connectivity index (χ2n) is 13.8. The Bertz CT molecular complexity index is 2880. The number of allylic oxidation sites excluding steroid dienone is 1. The number of aromatic nitrogens is 3. The largest absolute Gasteiger partial charge is 0.508 e. The summed E-state index contributed by atoms with van der Waals surface area (Å²) in [6.07, 6.45) is 2.37. The van der Waals surface area contributed by atoms with Gasteiger partial charge in [-0.15, -0.1) is 0 Å². The number of carboxylic acid groups (broad SMARTS) is 1. The molecule has 59 heavy (non-hydrogen) atoms. The summed E-state index contributed by atoms with van der Waals surface area (Å²) in [5.74, 6) is -1.93. The van der Waals surface area contributed by atoms with Crippen LogP contribution in [0, 0.1) is 12.7 Å². The van der Waals surface area contributed by atoms with Crippen molar-refractivity contribution in [3.63, 3.8) is 0 Å².